The Kier molecular flexibility index (Phi) is 4.51. The molecule has 1 aromatic rings. The summed E-state index contributed by atoms with van der Waals surface area (Å²) in [6, 6.07) is 1.95. The first-order chi connectivity index (χ1) is 7.63. The maximum Gasteiger partial charge on any atom is 0.196 e. The molecule has 0 radical (unpaired) electrons. The van der Waals surface area contributed by atoms with Crippen molar-refractivity contribution in [3.63, 3.8) is 0 Å². The van der Waals surface area contributed by atoms with E-state index in [2.05, 4.69) is 30.1 Å². The second kappa shape index (κ2) is 5.90. The van der Waals surface area contributed by atoms with Crippen LogP contribution in [0.1, 0.15) is 19.4 Å². The number of rotatable bonds is 4. The average molecular weight is 217 g/mol. The van der Waals surface area contributed by atoms with Gasteiger partial charge in [-0.25, -0.2) is 5.53 Å². The molecule has 1 heterocycles. The molecule has 1 rings (SSSR count). The van der Waals surface area contributed by atoms with E-state index < -0.39 is 0 Å². The van der Waals surface area contributed by atoms with Crippen molar-refractivity contribution >= 4 is 5.57 Å². The van der Waals surface area contributed by atoms with Crippen LogP contribution in [-0.2, 0) is 7.05 Å². The van der Waals surface area contributed by atoms with Crippen molar-refractivity contribution in [3.05, 3.63) is 42.4 Å². The van der Waals surface area contributed by atoms with Crippen LogP contribution in [-0.4, -0.2) is 5.10 Å². The zero-order valence-corrected chi connectivity index (χ0v) is 9.88. The van der Waals surface area contributed by atoms with Gasteiger partial charge in [0.15, 0.2) is 13.2 Å². The summed E-state index contributed by atoms with van der Waals surface area (Å²) >= 11 is 0. The van der Waals surface area contributed by atoms with Crippen LogP contribution < -0.4 is 4.68 Å². The van der Waals surface area contributed by atoms with Gasteiger partial charge in [0.1, 0.15) is 6.20 Å². The highest BCUT2D eigenvalue weighted by atomic mass is 15.2. The van der Waals surface area contributed by atoms with Crippen LogP contribution in [0.2, 0.25) is 0 Å². The van der Waals surface area contributed by atoms with E-state index in [-0.39, 0.29) is 0 Å². The first-order valence-corrected chi connectivity index (χ1v) is 5.20. The summed E-state index contributed by atoms with van der Waals surface area (Å²) in [6.45, 7) is 4.21. The minimum atomic E-state index is 0.474. The molecule has 0 aromatic carbocycles. The topological polar surface area (TPSA) is 53.0 Å². The zero-order chi connectivity index (χ0) is 12.0. The summed E-state index contributed by atoms with van der Waals surface area (Å²) in [5, 5.41) is 7.46. The molecular formula is C12H17N4+. The van der Waals surface area contributed by atoms with Gasteiger partial charge in [0, 0.05) is 17.2 Å². The number of nitrogens with zero attached hydrogens (tertiary/aromatic N) is 3. The molecule has 1 N–H and O–H groups in total. The van der Waals surface area contributed by atoms with E-state index >= 15 is 0 Å². The van der Waals surface area contributed by atoms with Crippen LogP contribution in [0.25, 0.3) is 5.57 Å². The second-order valence-electron chi connectivity index (χ2n) is 3.91. The second-order valence-corrected chi connectivity index (χ2v) is 3.91. The van der Waals surface area contributed by atoms with Gasteiger partial charge in [0.2, 0.25) is 0 Å². The van der Waals surface area contributed by atoms with Crippen LogP contribution >= 0.6 is 0 Å². The molecular weight excluding hydrogens is 200 g/mol. The van der Waals surface area contributed by atoms with E-state index in [1.165, 1.54) is 6.20 Å². The van der Waals surface area contributed by atoms with Crippen molar-refractivity contribution in [2.75, 3.05) is 0 Å². The first-order valence-electron chi connectivity index (χ1n) is 5.20. The molecule has 1 aromatic heterocycles. The highest BCUT2D eigenvalue weighted by molar-refractivity contribution is 5.72. The van der Waals surface area contributed by atoms with Crippen molar-refractivity contribution < 1.29 is 4.68 Å². The Bertz CT molecular complexity index is 402. The lowest BCUT2D eigenvalue weighted by Crippen LogP contribution is -2.31. The van der Waals surface area contributed by atoms with Gasteiger partial charge in [0.25, 0.3) is 0 Å². The number of aromatic nitrogens is 2. The van der Waals surface area contributed by atoms with Crippen LogP contribution in [0.4, 0.5) is 0 Å². The fourth-order valence-corrected chi connectivity index (χ4v) is 1.17. The first kappa shape index (κ1) is 12.2. The molecule has 0 unspecified atom stereocenters. The summed E-state index contributed by atoms with van der Waals surface area (Å²) in [6.07, 6.45) is 9.21. The molecule has 0 aliphatic heterocycles. The summed E-state index contributed by atoms with van der Waals surface area (Å²) in [7, 11) is 1.87. The lowest BCUT2D eigenvalue weighted by Gasteiger charge is -1.99. The van der Waals surface area contributed by atoms with Gasteiger partial charge in [-0.15, -0.1) is 0 Å². The molecule has 0 atom stereocenters. The number of aryl methyl sites for hydroxylation is 1. The minimum Gasteiger partial charge on any atom is -0.205 e. The monoisotopic (exact) mass is 217 g/mol. The molecule has 84 valence electrons. The van der Waals surface area contributed by atoms with Crippen LogP contribution in [0, 0.1) is 11.4 Å². The van der Waals surface area contributed by atoms with E-state index in [1.807, 2.05) is 25.4 Å². The number of hydrogen-bond donors (Lipinski definition) is 1. The molecule has 0 amide bonds. The van der Waals surface area contributed by atoms with Gasteiger partial charge in [-0.3, -0.25) is 0 Å². The van der Waals surface area contributed by atoms with Crippen molar-refractivity contribution in [2.24, 2.45) is 18.1 Å². The minimum absolute atomic E-state index is 0.474. The molecule has 0 saturated carbocycles. The van der Waals surface area contributed by atoms with Gasteiger partial charge < -0.3 is 0 Å². The normalized spacial score (nSPS) is 12.4. The number of allylic oxidation sites excluding steroid dienone is 3. The van der Waals surface area contributed by atoms with E-state index in [4.69, 9.17) is 5.53 Å². The smallest absolute Gasteiger partial charge is 0.196 e. The Balaban J connectivity index is 2.99. The maximum absolute atomic E-state index is 6.90. The van der Waals surface area contributed by atoms with E-state index in [1.54, 1.807) is 10.9 Å². The van der Waals surface area contributed by atoms with Crippen LogP contribution in [0.5, 0.6) is 0 Å². The van der Waals surface area contributed by atoms with E-state index in [0.717, 1.165) is 11.1 Å². The van der Waals surface area contributed by atoms with Gasteiger partial charge in [-0.05, 0) is 11.0 Å². The summed E-state index contributed by atoms with van der Waals surface area (Å²) in [5.41, 5.74) is 8.76. The Morgan fingerprint density at radius 2 is 2.31 bits per heavy atom. The molecule has 0 bridgehead atoms. The predicted octanol–water partition coefficient (Wildman–Crippen LogP) is 2.49. The molecule has 0 fully saturated rings. The Labute approximate surface area is 95.8 Å². The van der Waals surface area contributed by atoms with Crippen molar-refractivity contribution in [1.82, 2.24) is 5.10 Å². The largest absolute Gasteiger partial charge is 0.205 e. The Morgan fingerprint density at radius 3 is 2.81 bits per heavy atom. The molecule has 16 heavy (non-hydrogen) atoms. The lowest BCUT2D eigenvalue weighted by molar-refractivity contribution is -0.730. The van der Waals surface area contributed by atoms with E-state index in [0.29, 0.717) is 5.92 Å². The maximum atomic E-state index is 6.90. The van der Waals surface area contributed by atoms with Gasteiger partial charge in [-0.2, -0.15) is 5.11 Å². The predicted molar refractivity (Wildman–Crippen MR) is 62.5 cm³/mol. The lowest BCUT2D eigenvalue weighted by atomic mass is 10.1. The van der Waals surface area contributed by atoms with Gasteiger partial charge >= 0.3 is 0 Å². The highest BCUT2D eigenvalue weighted by Crippen LogP contribution is 2.14. The average Bonchev–Trinajstić information content (AvgIpc) is 2.25. The molecule has 0 saturated heterocycles. The Morgan fingerprint density at radius 1 is 1.56 bits per heavy atom. The van der Waals surface area contributed by atoms with Crippen molar-refractivity contribution in [2.45, 2.75) is 13.8 Å². The third kappa shape index (κ3) is 3.73. The summed E-state index contributed by atoms with van der Waals surface area (Å²) in [4.78, 5) is 0. The number of nitrogens with one attached hydrogen (secondary N) is 1. The molecule has 4 heteroatoms. The fraction of sp³-hybridized carbons (Fsp3) is 0.333. The molecule has 0 spiro atoms. The third-order valence-corrected chi connectivity index (χ3v) is 2.05. The quantitative estimate of drug-likeness (QED) is 0.470. The van der Waals surface area contributed by atoms with Crippen LogP contribution in [0.3, 0.4) is 0 Å². The van der Waals surface area contributed by atoms with Crippen molar-refractivity contribution in [3.8, 4) is 0 Å². The summed E-state index contributed by atoms with van der Waals surface area (Å²) in [5.74, 6) is 0.474. The number of hydrogen-bond acceptors (Lipinski definition) is 3. The standard InChI is InChI=1S/C12H17N4/c1-10(2)4-5-11(8-14-13)12-6-7-16(3)15-9-12/h4-10,13H,1-3H3/q+1/b5-4-. The summed E-state index contributed by atoms with van der Waals surface area (Å²) < 4.78 is 1.73. The SMILES string of the molecule is CC(C)/C=C\C(=C/N=N)c1cc[n+](C)nc1. The molecule has 0 aliphatic rings. The molecule has 0 aliphatic carbocycles. The Hall–Kier alpha value is -1.84. The molecule has 4 nitrogen and oxygen atoms in total. The van der Waals surface area contributed by atoms with Crippen molar-refractivity contribution in [1.29, 1.82) is 5.53 Å². The van der Waals surface area contributed by atoms with Crippen LogP contribution in [0.15, 0.2) is 41.9 Å². The zero-order valence-electron chi connectivity index (χ0n) is 9.88. The van der Waals surface area contributed by atoms with Gasteiger partial charge in [0.05, 0.1) is 6.20 Å². The highest BCUT2D eigenvalue weighted by Gasteiger charge is 2.01. The van der Waals surface area contributed by atoms with Gasteiger partial charge in [-0.1, -0.05) is 30.7 Å². The van der Waals surface area contributed by atoms with E-state index in [9.17, 15) is 0 Å². The third-order valence-electron chi connectivity index (χ3n) is 2.05. The fourth-order valence-electron chi connectivity index (χ4n) is 1.17.